The summed E-state index contributed by atoms with van der Waals surface area (Å²) in [6.45, 7) is 11.1. The topological polar surface area (TPSA) is 12.0 Å². The molecule has 0 radical (unpaired) electrons. The fourth-order valence-electron chi connectivity index (χ4n) is 1.76. The first-order valence-corrected chi connectivity index (χ1v) is 6.96. The molecule has 1 atom stereocenters. The summed E-state index contributed by atoms with van der Waals surface area (Å²) in [6.07, 6.45) is 2.70. The Balaban J connectivity index is 2.84. The summed E-state index contributed by atoms with van der Waals surface area (Å²) in [6, 6.07) is 5.23. The fourth-order valence-corrected chi connectivity index (χ4v) is 2.14. The lowest BCUT2D eigenvalue weighted by Gasteiger charge is -2.28. The summed E-state index contributed by atoms with van der Waals surface area (Å²) in [7, 11) is 0. The second-order valence-corrected chi connectivity index (χ2v) is 6.16. The van der Waals surface area contributed by atoms with Crippen molar-refractivity contribution in [2.45, 2.75) is 33.2 Å². The van der Waals surface area contributed by atoms with Crippen molar-refractivity contribution >= 4 is 15.9 Å². The predicted octanol–water partition coefficient (Wildman–Crippen LogP) is 4.32. The Hall–Kier alpha value is -0.670. The van der Waals surface area contributed by atoms with Crippen LogP contribution in [0.25, 0.3) is 0 Å². The van der Waals surface area contributed by atoms with Gasteiger partial charge in [0.15, 0.2) is 0 Å². The van der Waals surface area contributed by atoms with Gasteiger partial charge >= 0.3 is 0 Å². The van der Waals surface area contributed by atoms with Crippen molar-refractivity contribution in [1.29, 1.82) is 0 Å². The van der Waals surface area contributed by atoms with E-state index in [4.69, 9.17) is 0 Å². The van der Waals surface area contributed by atoms with E-state index in [9.17, 15) is 4.39 Å². The van der Waals surface area contributed by atoms with Crippen LogP contribution in [0.4, 0.5) is 4.39 Å². The molecule has 3 heteroatoms. The van der Waals surface area contributed by atoms with Crippen LogP contribution in [0.2, 0.25) is 0 Å². The third kappa shape index (κ3) is 4.54. The quantitative estimate of drug-likeness (QED) is 0.771. The molecule has 0 saturated heterocycles. The third-order valence-electron chi connectivity index (χ3n) is 3.01. The number of benzene rings is 1. The monoisotopic (exact) mass is 313 g/mol. The summed E-state index contributed by atoms with van der Waals surface area (Å²) in [5.41, 5.74) is 0.892. The van der Waals surface area contributed by atoms with E-state index in [0.29, 0.717) is 6.04 Å². The van der Waals surface area contributed by atoms with Crippen molar-refractivity contribution in [3.05, 3.63) is 46.7 Å². The van der Waals surface area contributed by atoms with Gasteiger partial charge in [-0.2, -0.15) is 0 Å². The number of hydrogen-bond acceptors (Lipinski definition) is 1. The molecule has 0 aromatic heterocycles. The van der Waals surface area contributed by atoms with Gasteiger partial charge in [-0.3, -0.25) is 0 Å². The standard InChI is InChI=1S/C15H21BrFN/c1-5-15(4,10-18-11(2)3)9-12-8-13(17)6-7-14(12)16/h5-8,11,18H,1,9-10H2,2-4H3. The van der Waals surface area contributed by atoms with Crippen LogP contribution < -0.4 is 5.32 Å². The Kier molecular flexibility index (Phi) is 5.54. The molecule has 100 valence electrons. The minimum absolute atomic E-state index is 0.0828. The van der Waals surface area contributed by atoms with Gasteiger partial charge in [0, 0.05) is 22.5 Å². The summed E-state index contributed by atoms with van der Waals surface area (Å²) in [5.74, 6) is -0.198. The van der Waals surface area contributed by atoms with Crippen molar-refractivity contribution in [2.75, 3.05) is 6.54 Å². The van der Waals surface area contributed by atoms with Crippen LogP contribution in [0.3, 0.4) is 0 Å². The molecule has 0 aliphatic heterocycles. The van der Waals surface area contributed by atoms with E-state index in [1.807, 2.05) is 6.08 Å². The second-order valence-electron chi connectivity index (χ2n) is 5.31. The van der Waals surface area contributed by atoms with Crippen molar-refractivity contribution in [3.63, 3.8) is 0 Å². The predicted molar refractivity (Wildman–Crippen MR) is 79.2 cm³/mol. The van der Waals surface area contributed by atoms with E-state index >= 15 is 0 Å². The largest absolute Gasteiger partial charge is 0.314 e. The van der Waals surface area contributed by atoms with Gasteiger partial charge < -0.3 is 5.32 Å². The van der Waals surface area contributed by atoms with Crippen LogP contribution in [0.5, 0.6) is 0 Å². The third-order valence-corrected chi connectivity index (χ3v) is 3.78. The van der Waals surface area contributed by atoms with Gasteiger partial charge in [0.25, 0.3) is 0 Å². The Morgan fingerprint density at radius 3 is 2.72 bits per heavy atom. The van der Waals surface area contributed by atoms with Crippen molar-refractivity contribution in [3.8, 4) is 0 Å². The molecule has 18 heavy (non-hydrogen) atoms. The van der Waals surface area contributed by atoms with Crippen LogP contribution in [0.15, 0.2) is 35.3 Å². The zero-order valence-electron chi connectivity index (χ0n) is 11.3. The first-order chi connectivity index (χ1) is 8.36. The molecule has 1 aromatic rings. The van der Waals surface area contributed by atoms with Crippen molar-refractivity contribution < 1.29 is 4.39 Å². The van der Waals surface area contributed by atoms with E-state index in [1.54, 1.807) is 12.1 Å². The van der Waals surface area contributed by atoms with Crippen LogP contribution >= 0.6 is 15.9 Å². The Bertz CT molecular complexity index is 417. The van der Waals surface area contributed by atoms with E-state index in [2.05, 4.69) is 48.6 Å². The fraction of sp³-hybridized carbons (Fsp3) is 0.467. The molecule has 0 spiro atoms. The summed E-state index contributed by atoms with van der Waals surface area (Å²) < 4.78 is 14.2. The van der Waals surface area contributed by atoms with Gasteiger partial charge in [0.2, 0.25) is 0 Å². The average molecular weight is 314 g/mol. The highest BCUT2D eigenvalue weighted by atomic mass is 79.9. The normalized spacial score (nSPS) is 14.6. The van der Waals surface area contributed by atoms with Crippen LogP contribution in [0, 0.1) is 11.2 Å². The van der Waals surface area contributed by atoms with Gasteiger partial charge in [0.1, 0.15) is 5.82 Å². The molecule has 0 bridgehead atoms. The molecule has 0 amide bonds. The van der Waals surface area contributed by atoms with E-state index in [-0.39, 0.29) is 11.2 Å². The molecule has 1 aromatic carbocycles. The van der Waals surface area contributed by atoms with Crippen molar-refractivity contribution in [2.24, 2.45) is 5.41 Å². The summed E-state index contributed by atoms with van der Waals surface area (Å²) in [5, 5.41) is 3.41. The van der Waals surface area contributed by atoms with Gasteiger partial charge in [-0.25, -0.2) is 4.39 Å². The van der Waals surface area contributed by atoms with Crippen LogP contribution in [-0.2, 0) is 6.42 Å². The first kappa shape index (κ1) is 15.4. The second kappa shape index (κ2) is 6.48. The zero-order chi connectivity index (χ0) is 13.8. The lowest BCUT2D eigenvalue weighted by molar-refractivity contribution is 0.372. The van der Waals surface area contributed by atoms with Gasteiger partial charge in [-0.15, -0.1) is 6.58 Å². The Labute approximate surface area is 118 Å². The molecule has 0 fully saturated rings. The summed E-state index contributed by atoms with van der Waals surface area (Å²) in [4.78, 5) is 0. The Morgan fingerprint density at radius 1 is 1.50 bits per heavy atom. The van der Waals surface area contributed by atoms with E-state index < -0.39 is 0 Å². The van der Waals surface area contributed by atoms with Crippen LogP contribution in [-0.4, -0.2) is 12.6 Å². The molecule has 1 N–H and O–H groups in total. The minimum Gasteiger partial charge on any atom is -0.314 e. The highest BCUT2D eigenvalue weighted by molar-refractivity contribution is 9.10. The maximum Gasteiger partial charge on any atom is 0.123 e. The molecule has 0 aliphatic rings. The number of halogens is 2. The summed E-state index contributed by atoms with van der Waals surface area (Å²) >= 11 is 3.47. The zero-order valence-corrected chi connectivity index (χ0v) is 12.8. The molecular weight excluding hydrogens is 293 g/mol. The van der Waals surface area contributed by atoms with Crippen molar-refractivity contribution in [1.82, 2.24) is 5.32 Å². The smallest absolute Gasteiger partial charge is 0.123 e. The SMILES string of the molecule is C=CC(C)(CNC(C)C)Cc1cc(F)ccc1Br. The molecular formula is C15H21BrFN. The molecule has 1 rings (SSSR count). The highest BCUT2D eigenvalue weighted by Crippen LogP contribution is 2.28. The van der Waals surface area contributed by atoms with Gasteiger partial charge in [0.05, 0.1) is 0 Å². The molecule has 0 aliphatic carbocycles. The minimum atomic E-state index is -0.198. The van der Waals surface area contributed by atoms with E-state index in [0.717, 1.165) is 23.0 Å². The molecule has 1 nitrogen and oxygen atoms in total. The number of nitrogens with one attached hydrogen (secondary N) is 1. The molecule has 0 saturated carbocycles. The lowest BCUT2D eigenvalue weighted by Crippen LogP contribution is -2.35. The highest BCUT2D eigenvalue weighted by Gasteiger charge is 2.22. The average Bonchev–Trinajstić information content (AvgIpc) is 2.31. The van der Waals surface area contributed by atoms with Gasteiger partial charge in [-0.05, 0) is 30.2 Å². The maximum absolute atomic E-state index is 13.3. The van der Waals surface area contributed by atoms with E-state index in [1.165, 1.54) is 6.07 Å². The first-order valence-electron chi connectivity index (χ1n) is 6.17. The number of rotatable bonds is 6. The maximum atomic E-state index is 13.3. The van der Waals surface area contributed by atoms with Crippen LogP contribution in [0.1, 0.15) is 26.3 Å². The lowest BCUT2D eigenvalue weighted by atomic mass is 9.83. The molecule has 1 unspecified atom stereocenters. The number of hydrogen-bond donors (Lipinski definition) is 1. The Morgan fingerprint density at radius 2 is 2.17 bits per heavy atom. The van der Waals surface area contributed by atoms with Gasteiger partial charge in [-0.1, -0.05) is 42.8 Å². The molecule has 0 heterocycles.